The summed E-state index contributed by atoms with van der Waals surface area (Å²) in [7, 11) is 0. The van der Waals surface area contributed by atoms with Crippen molar-refractivity contribution in [2.45, 2.75) is 32.6 Å². The highest BCUT2D eigenvalue weighted by atomic mass is 14.5. The molecule has 0 saturated heterocycles. The van der Waals surface area contributed by atoms with Crippen LogP contribution < -0.4 is 0 Å². The largest absolute Gasteiger partial charge is 0.0622 e. The van der Waals surface area contributed by atoms with E-state index in [0.29, 0.717) is 0 Å². The minimum atomic E-state index is 1.09. The normalized spacial score (nSPS) is 52.9. The van der Waals surface area contributed by atoms with Gasteiger partial charge in [-0.3, -0.25) is 0 Å². The molecule has 0 aromatic heterocycles. The van der Waals surface area contributed by atoms with Crippen LogP contribution in [0.5, 0.6) is 0 Å². The fraction of sp³-hybridized carbons (Fsp3) is 1.00. The zero-order chi connectivity index (χ0) is 5.56. The lowest BCUT2D eigenvalue weighted by Gasteiger charge is -2.37. The number of fused-ring (bicyclic) bond motifs is 1. The van der Waals surface area contributed by atoms with Gasteiger partial charge in [-0.2, -0.15) is 0 Å². The zero-order valence-corrected chi connectivity index (χ0v) is 5.56. The third-order valence-electron chi connectivity index (χ3n) is 3.12. The first-order valence-corrected chi connectivity index (χ1v) is 3.88. The standard InChI is InChI=1S/C8H14/c1-6-5-7-3-2-4-8(6)7/h6-8H,2-5H2,1H3/t6?,7?,8-/m1/s1. The van der Waals surface area contributed by atoms with Gasteiger partial charge in [-0.05, 0) is 30.6 Å². The molecule has 2 unspecified atom stereocenters. The van der Waals surface area contributed by atoms with Crippen LogP contribution in [0.2, 0.25) is 0 Å². The lowest BCUT2D eigenvalue weighted by atomic mass is 9.68. The summed E-state index contributed by atoms with van der Waals surface area (Å²) >= 11 is 0. The smallest absolute Gasteiger partial charge is 0.0360 e. The van der Waals surface area contributed by atoms with Gasteiger partial charge >= 0.3 is 0 Å². The number of hydrogen-bond donors (Lipinski definition) is 0. The van der Waals surface area contributed by atoms with Crippen LogP contribution in [0, 0.1) is 17.8 Å². The molecule has 0 bridgehead atoms. The van der Waals surface area contributed by atoms with Gasteiger partial charge in [-0.25, -0.2) is 0 Å². The van der Waals surface area contributed by atoms with E-state index in [4.69, 9.17) is 0 Å². The second-order valence-electron chi connectivity index (χ2n) is 3.57. The van der Waals surface area contributed by atoms with E-state index >= 15 is 0 Å². The molecule has 0 N–H and O–H groups in total. The maximum Gasteiger partial charge on any atom is -0.0360 e. The fourth-order valence-electron chi connectivity index (χ4n) is 2.56. The molecular formula is C8H14. The molecule has 2 aliphatic rings. The van der Waals surface area contributed by atoms with E-state index in [9.17, 15) is 0 Å². The Bertz CT molecular complexity index is 96.2. The first kappa shape index (κ1) is 4.84. The molecule has 0 nitrogen and oxygen atoms in total. The summed E-state index contributed by atoms with van der Waals surface area (Å²) in [6.45, 7) is 2.41. The van der Waals surface area contributed by atoms with Crippen LogP contribution in [0.1, 0.15) is 32.6 Å². The van der Waals surface area contributed by atoms with Gasteiger partial charge in [0, 0.05) is 0 Å². The van der Waals surface area contributed by atoms with Crippen molar-refractivity contribution in [2.75, 3.05) is 0 Å². The highest BCUT2D eigenvalue weighted by Gasteiger charge is 2.40. The summed E-state index contributed by atoms with van der Waals surface area (Å²) in [6.07, 6.45) is 6.17. The number of rotatable bonds is 0. The molecule has 2 fully saturated rings. The van der Waals surface area contributed by atoms with Crippen molar-refractivity contribution in [2.24, 2.45) is 17.8 Å². The molecule has 0 heteroatoms. The van der Waals surface area contributed by atoms with Gasteiger partial charge in [0.25, 0.3) is 0 Å². The summed E-state index contributed by atoms with van der Waals surface area (Å²) in [5, 5.41) is 0. The van der Waals surface area contributed by atoms with E-state index in [2.05, 4.69) is 6.92 Å². The van der Waals surface area contributed by atoms with Crippen LogP contribution in [0.15, 0.2) is 0 Å². The monoisotopic (exact) mass is 110 g/mol. The Morgan fingerprint density at radius 3 is 2.62 bits per heavy atom. The summed E-state index contributed by atoms with van der Waals surface area (Å²) in [6, 6.07) is 0. The molecule has 2 aliphatic carbocycles. The quantitative estimate of drug-likeness (QED) is 0.449. The van der Waals surface area contributed by atoms with Crippen LogP contribution in [0.3, 0.4) is 0 Å². The van der Waals surface area contributed by atoms with Gasteiger partial charge in [0.15, 0.2) is 0 Å². The predicted molar refractivity (Wildman–Crippen MR) is 34.6 cm³/mol. The summed E-state index contributed by atoms with van der Waals surface area (Å²) < 4.78 is 0. The van der Waals surface area contributed by atoms with Gasteiger partial charge in [-0.1, -0.05) is 19.8 Å². The van der Waals surface area contributed by atoms with E-state index in [-0.39, 0.29) is 0 Å². The Morgan fingerprint density at radius 1 is 1.25 bits per heavy atom. The van der Waals surface area contributed by atoms with Crippen molar-refractivity contribution in [3.63, 3.8) is 0 Å². The molecule has 0 aliphatic heterocycles. The number of hydrogen-bond acceptors (Lipinski definition) is 0. The molecule has 3 atom stereocenters. The van der Waals surface area contributed by atoms with Gasteiger partial charge in [-0.15, -0.1) is 0 Å². The van der Waals surface area contributed by atoms with Crippen molar-refractivity contribution in [1.29, 1.82) is 0 Å². The van der Waals surface area contributed by atoms with Crippen LogP contribution in [0.25, 0.3) is 0 Å². The van der Waals surface area contributed by atoms with Crippen molar-refractivity contribution >= 4 is 0 Å². The Balaban J connectivity index is 2.02. The minimum Gasteiger partial charge on any atom is -0.0622 e. The fourth-order valence-corrected chi connectivity index (χ4v) is 2.56. The SMILES string of the molecule is CC1CC2CCC[C@H]12. The molecule has 0 spiro atoms. The minimum absolute atomic E-state index is 1.09. The third-order valence-corrected chi connectivity index (χ3v) is 3.12. The first-order valence-electron chi connectivity index (χ1n) is 3.88. The molecule has 46 valence electrons. The lowest BCUT2D eigenvalue weighted by Crippen LogP contribution is -2.29. The molecule has 0 amide bonds. The van der Waals surface area contributed by atoms with Crippen LogP contribution in [-0.2, 0) is 0 Å². The van der Waals surface area contributed by atoms with Crippen molar-refractivity contribution < 1.29 is 0 Å². The van der Waals surface area contributed by atoms with Crippen molar-refractivity contribution in [1.82, 2.24) is 0 Å². The van der Waals surface area contributed by atoms with Gasteiger partial charge in [0.05, 0.1) is 0 Å². The second kappa shape index (κ2) is 1.49. The van der Waals surface area contributed by atoms with E-state index in [1.165, 1.54) is 12.3 Å². The zero-order valence-electron chi connectivity index (χ0n) is 5.56. The topological polar surface area (TPSA) is 0 Å². The molecular weight excluding hydrogens is 96.1 g/mol. The predicted octanol–water partition coefficient (Wildman–Crippen LogP) is 2.44. The van der Waals surface area contributed by atoms with E-state index in [1.807, 2.05) is 0 Å². The van der Waals surface area contributed by atoms with Gasteiger partial charge < -0.3 is 0 Å². The molecule has 0 aromatic carbocycles. The highest BCUT2D eigenvalue weighted by Crippen LogP contribution is 2.50. The van der Waals surface area contributed by atoms with Gasteiger partial charge in [0.1, 0.15) is 0 Å². The third kappa shape index (κ3) is 0.463. The van der Waals surface area contributed by atoms with E-state index < -0.39 is 0 Å². The summed E-state index contributed by atoms with van der Waals surface area (Å²) in [4.78, 5) is 0. The molecule has 0 radical (unpaired) electrons. The van der Waals surface area contributed by atoms with Crippen LogP contribution >= 0.6 is 0 Å². The maximum absolute atomic E-state index is 2.41. The van der Waals surface area contributed by atoms with E-state index in [1.54, 1.807) is 19.3 Å². The van der Waals surface area contributed by atoms with Crippen molar-refractivity contribution in [3.05, 3.63) is 0 Å². The average Bonchev–Trinajstić information content (AvgIpc) is 2.09. The lowest BCUT2D eigenvalue weighted by molar-refractivity contribution is 0.120. The molecule has 2 rings (SSSR count). The molecule has 2 saturated carbocycles. The summed E-state index contributed by atoms with van der Waals surface area (Å²) in [5.41, 5.74) is 0. The molecule has 0 aromatic rings. The van der Waals surface area contributed by atoms with Gasteiger partial charge in [0.2, 0.25) is 0 Å². The second-order valence-corrected chi connectivity index (χ2v) is 3.57. The summed E-state index contributed by atoms with van der Waals surface area (Å²) in [5.74, 6) is 3.42. The molecule has 8 heavy (non-hydrogen) atoms. The Labute approximate surface area is 51.3 Å². The average molecular weight is 110 g/mol. The Hall–Kier alpha value is 0. The van der Waals surface area contributed by atoms with Crippen LogP contribution in [-0.4, -0.2) is 0 Å². The molecule has 0 heterocycles. The highest BCUT2D eigenvalue weighted by molar-refractivity contribution is 4.90. The van der Waals surface area contributed by atoms with Crippen molar-refractivity contribution in [3.8, 4) is 0 Å². The Morgan fingerprint density at radius 2 is 2.12 bits per heavy atom. The maximum atomic E-state index is 2.41. The first-order chi connectivity index (χ1) is 3.88. The van der Waals surface area contributed by atoms with Crippen LogP contribution in [0.4, 0.5) is 0 Å². The Kier molecular flexibility index (Phi) is 0.902. The van der Waals surface area contributed by atoms with E-state index in [0.717, 1.165) is 11.8 Å².